The Hall–Kier alpha value is -1.61. The Balaban J connectivity index is 1.92. The fourth-order valence-electron chi connectivity index (χ4n) is 3.54. The van der Waals surface area contributed by atoms with Crippen molar-refractivity contribution in [1.29, 1.82) is 0 Å². The van der Waals surface area contributed by atoms with Gasteiger partial charge in [-0.25, -0.2) is 4.98 Å². The Labute approximate surface area is 126 Å². The quantitative estimate of drug-likeness (QED) is 0.915. The SMILES string of the molecule is CC(CCO)Cc1cnc2n1C(c1ccccc1)C(C)C2. The second kappa shape index (κ2) is 6.02. The number of aliphatic hydroxyl groups excluding tert-OH is 1. The summed E-state index contributed by atoms with van der Waals surface area (Å²) in [7, 11) is 0. The molecule has 2 heterocycles. The Bertz CT molecular complexity index is 591. The Morgan fingerprint density at radius 1 is 1.33 bits per heavy atom. The van der Waals surface area contributed by atoms with Crippen molar-refractivity contribution in [2.24, 2.45) is 11.8 Å². The second-order valence-corrected chi connectivity index (χ2v) is 6.39. The molecule has 0 spiro atoms. The predicted molar refractivity (Wildman–Crippen MR) is 84.2 cm³/mol. The molecule has 1 aromatic carbocycles. The number of hydrogen-bond donors (Lipinski definition) is 1. The van der Waals surface area contributed by atoms with Crippen LogP contribution in [0.15, 0.2) is 36.5 Å². The molecule has 0 saturated carbocycles. The first kappa shape index (κ1) is 14.3. The molecule has 3 heteroatoms. The highest BCUT2D eigenvalue weighted by molar-refractivity contribution is 5.27. The van der Waals surface area contributed by atoms with Crippen molar-refractivity contribution in [2.75, 3.05) is 6.61 Å². The minimum absolute atomic E-state index is 0.265. The molecule has 0 amide bonds. The monoisotopic (exact) mass is 284 g/mol. The van der Waals surface area contributed by atoms with Crippen LogP contribution in [-0.2, 0) is 12.8 Å². The van der Waals surface area contributed by atoms with Crippen LogP contribution in [0.1, 0.15) is 43.4 Å². The molecule has 3 atom stereocenters. The number of aromatic nitrogens is 2. The third kappa shape index (κ3) is 2.75. The van der Waals surface area contributed by atoms with E-state index in [1.807, 2.05) is 6.20 Å². The number of benzene rings is 1. The van der Waals surface area contributed by atoms with Gasteiger partial charge in [0.1, 0.15) is 5.82 Å². The van der Waals surface area contributed by atoms with Crippen molar-refractivity contribution in [3.05, 3.63) is 53.6 Å². The minimum atomic E-state index is 0.265. The van der Waals surface area contributed by atoms with Crippen molar-refractivity contribution < 1.29 is 5.11 Å². The van der Waals surface area contributed by atoms with E-state index < -0.39 is 0 Å². The maximum absolute atomic E-state index is 9.11. The van der Waals surface area contributed by atoms with Crippen LogP contribution in [-0.4, -0.2) is 21.3 Å². The highest BCUT2D eigenvalue weighted by atomic mass is 16.3. The molecule has 1 N–H and O–H groups in total. The Morgan fingerprint density at radius 3 is 2.81 bits per heavy atom. The molecular weight excluding hydrogens is 260 g/mol. The van der Waals surface area contributed by atoms with Crippen molar-refractivity contribution in [1.82, 2.24) is 9.55 Å². The van der Waals surface area contributed by atoms with Crippen LogP contribution in [0.3, 0.4) is 0 Å². The van der Waals surface area contributed by atoms with Gasteiger partial charge < -0.3 is 9.67 Å². The van der Waals surface area contributed by atoms with E-state index in [0.29, 0.717) is 17.9 Å². The summed E-state index contributed by atoms with van der Waals surface area (Å²) >= 11 is 0. The van der Waals surface area contributed by atoms with Gasteiger partial charge in [-0.2, -0.15) is 0 Å². The summed E-state index contributed by atoms with van der Waals surface area (Å²) in [6.45, 7) is 4.78. The van der Waals surface area contributed by atoms with Crippen LogP contribution >= 0.6 is 0 Å². The normalized spacial score (nSPS) is 22.2. The lowest BCUT2D eigenvalue weighted by molar-refractivity contribution is 0.261. The average molecular weight is 284 g/mol. The molecule has 112 valence electrons. The lowest BCUT2D eigenvalue weighted by Gasteiger charge is -2.22. The summed E-state index contributed by atoms with van der Waals surface area (Å²) in [5.74, 6) is 2.29. The molecule has 0 radical (unpaired) electrons. The van der Waals surface area contributed by atoms with Crippen LogP contribution in [0.2, 0.25) is 0 Å². The zero-order valence-electron chi connectivity index (χ0n) is 12.9. The van der Waals surface area contributed by atoms with Gasteiger partial charge in [-0.05, 0) is 30.2 Å². The Kier molecular flexibility index (Phi) is 4.11. The van der Waals surface area contributed by atoms with E-state index in [-0.39, 0.29) is 6.61 Å². The first-order chi connectivity index (χ1) is 10.2. The maximum atomic E-state index is 9.11. The molecular formula is C18H24N2O. The highest BCUT2D eigenvalue weighted by Crippen LogP contribution is 2.37. The van der Waals surface area contributed by atoms with Gasteiger partial charge in [0, 0.05) is 24.9 Å². The fourth-order valence-corrected chi connectivity index (χ4v) is 3.54. The third-order valence-electron chi connectivity index (χ3n) is 4.59. The van der Waals surface area contributed by atoms with E-state index >= 15 is 0 Å². The summed E-state index contributed by atoms with van der Waals surface area (Å²) in [6.07, 6.45) is 4.93. The first-order valence-corrected chi connectivity index (χ1v) is 7.91. The zero-order valence-corrected chi connectivity index (χ0v) is 12.9. The van der Waals surface area contributed by atoms with Crippen LogP contribution in [0, 0.1) is 11.8 Å². The summed E-state index contributed by atoms with van der Waals surface area (Å²) in [4.78, 5) is 4.64. The maximum Gasteiger partial charge on any atom is 0.109 e. The van der Waals surface area contributed by atoms with E-state index in [1.165, 1.54) is 17.1 Å². The van der Waals surface area contributed by atoms with E-state index in [4.69, 9.17) is 5.11 Å². The number of nitrogens with zero attached hydrogens (tertiary/aromatic N) is 2. The molecule has 0 bridgehead atoms. The van der Waals surface area contributed by atoms with Crippen LogP contribution < -0.4 is 0 Å². The number of fused-ring (bicyclic) bond motifs is 1. The zero-order chi connectivity index (χ0) is 14.8. The van der Waals surface area contributed by atoms with Gasteiger partial charge in [0.25, 0.3) is 0 Å². The van der Waals surface area contributed by atoms with Crippen LogP contribution in [0.25, 0.3) is 0 Å². The lowest BCUT2D eigenvalue weighted by atomic mass is 9.94. The smallest absolute Gasteiger partial charge is 0.109 e. The van der Waals surface area contributed by atoms with Gasteiger partial charge in [-0.1, -0.05) is 44.2 Å². The van der Waals surface area contributed by atoms with Crippen molar-refractivity contribution in [2.45, 2.75) is 39.2 Å². The Morgan fingerprint density at radius 2 is 2.10 bits per heavy atom. The topological polar surface area (TPSA) is 38.1 Å². The molecule has 2 aromatic rings. The number of rotatable bonds is 5. The van der Waals surface area contributed by atoms with Gasteiger partial charge in [-0.3, -0.25) is 0 Å². The van der Waals surface area contributed by atoms with Gasteiger partial charge >= 0.3 is 0 Å². The van der Waals surface area contributed by atoms with E-state index in [9.17, 15) is 0 Å². The number of imidazole rings is 1. The lowest BCUT2D eigenvalue weighted by Crippen LogP contribution is -2.16. The summed E-state index contributed by atoms with van der Waals surface area (Å²) in [5, 5.41) is 9.11. The summed E-state index contributed by atoms with van der Waals surface area (Å²) < 4.78 is 2.44. The molecule has 3 unspecified atom stereocenters. The average Bonchev–Trinajstić information content (AvgIpc) is 2.99. The molecule has 3 rings (SSSR count). The van der Waals surface area contributed by atoms with E-state index in [2.05, 4.69) is 53.7 Å². The largest absolute Gasteiger partial charge is 0.396 e. The fraction of sp³-hybridized carbons (Fsp3) is 0.500. The van der Waals surface area contributed by atoms with Gasteiger partial charge in [0.05, 0.1) is 6.04 Å². The van der Waals surface area contributed by atoms with Gasteiger partial charge in [-0.15, -0.1) is 0 Å². The molecule has 1 aliphatic heterocycles. The van der Waals surface area contributed by atoms with Gasteiger partial charge in [0.15, 0.2) is 0 Å². The molecule has 0 fully saturated rings. The standard InChI is InChI=1S/C18H24N2O/c1-13(8-9-21)10-16-12-19-17-11-14(2)18(20(16)17)15-6-4-3-5-7-15/h3-7,12-14,18,21H,8-11H2,1-2H3. The van der Waals surface area contributed by atoms with Crippen molar-refractivity contribution in [3.8, 4) is 0 Å². The van der Waals surface area contributed by atoms with Crippen LogP contribution in [0.5, 0.6) is 0 Å². The molecule has 0 saturated heterocycles. The van der Waals surface area contributed by atoms with Crippen molar-refractivity contribution >= 4 is 0 Å². The van der Waals surface area contributed by atoms with E-state index in [1.54, 1.807) is 0 Å². The van der Waals surface area contributed by atoms with Crippen molar-refractivity contribution in [3.63, 3.8) is 0 Å². The van der Waals surface area contributed by atoms with Crippen LogP contribution in [0.4, 0.5) is 0 Å². The second-order valence-electron chi connectivity index (χ2n) is 6.39. The van der Waals surface area contributed by atoms with E-state index in [0.717, 1.165) is 19.3 Å². The summed E-state index contributed by atoms with van der Waals surface area (Å²) in [6, 6.07) is 11.1. The number of hydrogen-bond acceptors (Lipinski definition) is 2. The molecule has 1 aliphatic rings. The minimum Gasteiger partial charge on any atom is -0.396 e. The van der Waals surface area contributed by atoms with Gasteiger partial charge in [0.2, 0.25) is 0 Å². The number of aliphatic hydroxyl groups is 1. The molecule has 21 heavy (non-hydrogen) atoms. The highest BCUT2D eigenvalue weighted by Gasteiger charge is 2.33. The molecule has 3 nitrogen and oxygen atoms in total. The molecule has 0 aliphatic carbocycles. The third-order valence-corrected chi connectivity index (χ3v) is 4.59. The predicted octanol–water partition coefficient (Wildman–Crippen LogP) is 3.23. The summed E-state index contributed by atoms with van der Waals surface area (Å²) in [5.41, 5.74) is 2.68. The molecule has 1 aromatic heterocycles. The first-order valence-electron chi connectivity index (χ1n) is 7.91.